The molecule has 0 aliphatic carbocycles. The van der Waals surface area contributed by atoms with Crippen LogP contribution in [0, 0.1) is 0 Å². The first-order valence-electron chi connectivity index (χ1n) is 5.57. The highest BCUT2D eigenvalue weighted by Crippen LogP contribution is 2.14. The molecule has 0 spiro atoms. The number of hydrogen-bond donors (Lipinski definition) is 2. The van der Waals surface area contributed by atoms with Gasteiger partial charge in [0.1, 0.15) is 5.82 Å². The Kier molecular flexibility index (Phi) is 4.66. The lowest BCUT2D eigenvalue weighted by Gasteiger charge is -2.21. The molecule has 0 saturated carbocycles. The molecule has 0 amide bonds. The van der Waals surface area contributed by atoms with Crippen molar-refractivity contribution >= 4 is 0 Å². The van der Waals surface area contributed by atoms with Crippen LogP contribution in [0.25, 0.3) is 0 Å². The molecule has 0 aromatic carbocycles. The van der Waals surface area contributed by atoms with E-state index < -0.39 is 0 Å². The quantitative estimate of drug-likeness (QED) is 0.732. The summed E-state index contributed by atoms with van der Waals surface area (Å²) in [5, 5.41) is 3.61. The highest BCUT2D eigenvalue weighted by atomic mass is 15.0. The Bertz CT molecular complexity index is 227. The van der Waals surface area contributed by atoms with Gasteiger partial charge in [-0.25, -0.2) is 4.98 Å². The van der Waals surface area contributed by atoms with E-state index >= 15 is 0 Å². The minimum atomic E-state index is 0.370. The molecule has 80 valence electrons. The fourth-order valence-electron chi connectivity index (χ4n) is 1.67. The second-order valence-electron chi connectivity index (χ2n) is 3.62. The summed E-state index contributed by atoms with van der Waals surface area (Å²) in [6.07, 6.45) is 7.12. The molecular weight excluding hydrogens is 174 g/mol. The lowest BCUT2D eigenvalue weighted by atomic mass is 10.1. The van der Waals surface area contributed by atoms with Crippen molar-refractivity contribution in [1.82, 2.24) is 15.3 Å². The topological polar surface area (TPSA) is 40.7 Å². The van der Waals surface area contributed by atoms with Crippen LogP contribution in [0.5, 0.6) is 0 Å². The Morgan fingerprint density at radius 3 is 2.43 bits per heavy atom. The Labute approximate surface area is 86.3 Å². The first kappa shape index (κ1) is 11.2. The van der Waals surface area contributed by atoms with Crippen molar-refractivity contribution in [2.24, 2.45) is 0 Å². The van der Waals surface area contributed by atoms with Crippen molar-refractivity contribution in [3.8, 4) is 0 Å². The number of rotatable bonds is 6. The predicted octanol–water partition coefficient (Wildman–Crippen LogP) is 2.64. The maximum atomic E-state index is 4.29. The molecule has 1 aromatic heterocycles. The molecule has 0 radical (unpaired) electrons. The molecule has 1 atom stereocenters. The van der Waals surface area contributed by atoms with Gasteiger partial charge >= 0.3 is 0 Å². The maximum absolute atomic E-state index is 4.29. The molecule has 0 saturated heterocycles. The van der Waals surface area contributed by atoms with Crippen LogP contribution in [0.15, 0.2) is 12.4 Å². The van der Waals surface area contributed by atoms with E-state index in [1.807, 2.05) is 12.4 Å². The first-order chi connectivity index (χ1) is 6.81. The Morgan fingerprint density at radius 1 is 1.29 bits per heavy atom. The molecule has 14 heavy (non-hydrogen) atoms. The van der Waals surface area contributed by atoms with Crippen molar-refractivity contribution < 1.29 is 0 Å². The van der Waals surface area contributed by atoms with Gasteiger partial charge in [0.25, 0.3) is 0 Å². The van der Waals surface area contributed by atoms with Crippen LogP contribution in [0.4, 0.5) is 0 Å². The molecule has 1 heterocycles. The lowest BCUT2D eigenvalue weighted by molar-refractivity contribution is 0.396. The largest absolute Gasteiger partial charge is 0.347 e. The highest BCUT2D eigenvalue weighted by Gasteiger charge is 2.14. The van der Waals surface area contributed by atoms with E-state index in [0.29, 0.717) is 12.1 Å². The van der Waals surface area contributed by atoms with Crippen LogP contribution in [0.3, 0.4) is 0 Å². The second-order valence-corrected chi connectivity index (χ2v) is 3.62. The minimum absolute atomic E-state index is 0.370. The number of H-pyrrole nitrogens is 1. The average molecular weight is 195 g/mol. The second kappa shape index (κ2) is 5.81. The zero-order valence-electron chi connectivity index (χ0n) is 9.38. The molecule has 3 heteroatoms. The van der Waals surface area contributed by atoms with Gasteiger partial charge in [-0.2, -0.15) is 0 Å². The SMILES string of the molecule is CCC(CC)NC(CC)c1ncc[nH]1. The Morgan fingerprint density at radius 2 is 2.00 bits per heavy atom. The molecule has 1 rings (SSSR count). The summed E-state index contributed by atoms with van der Waals surface area (Å²) < 4.78 is 0. The molecule has 2 N–H and O–H groups in total. The number of nitrogens with zero attached hydrogens (tertiary/aromatic N) is 1. The van der Waals surface area contributed by atoms with Gasteiger partial charge in [-0.05, 0) is 19.3 Å². The summed E-state index contributed by atoms with van der Waals surface area (Å²) >= 11 is 0. The van der Waals surface area contributed by atoms with Crippen LogP contribution in [-0.4, -0.2) is 16.0 Å². The van der Waals surface area contributed by atoms with Gasteiger partial charge in [-0.15, -0.1) is 0 Å². The van der Waals surface area contributed by atoms with Crippen LogP contribution in [0.1, 0.15) is 51.9 Å². The third-order valence-corrected chi connectivity index (χ3v) is 2.68. The molecule has 0 fully saturated rings. The standard InChI is InChI=1S/C11H21N3/c1-4-9(5-2)14-10(6-3)11-12-7-8-13-11/h7-10,14H,4-6H2,1-3H3,(H,12,13). The Balaban J connectivity index is 2.55. The maximum Gasteiger partial charge on any atom is 0.123 e. The smallest absolute Gasteiger partial charge is 0.123 e. The first-order valence-corrected chi connectivity index (χ1v) is 5.57. The Hall–Kier alpha value is -0.830. The van der Waals surface area contributed by atoms with E-state index in [0.717, 1.165) is 12.2 Å². The highest BCUT2D eigenvalue weighted by molar-refractivity contribution is 4.95. The number of aromatic amines is 1. The van der Waals surface area contributed by atoms with Gasteiger partial charge < -0.3 is 10.3 Å². The van der Waals surface area contributed by atoms with E-state index in [1.54, 1.807) is 0 Å². The summed E-state index contributed by atoms with van der Waals surface area (Å²) in [6, 6.07) is 0.972. The summed E-state index contributed by atoms with van der Waals surface area (Å²) in [4.78, 5) is 7.46. The van der Waals surface area contributed by atoms with Gasteiger partial charge in [0, 0.05) is 18.4 Å². The van der Waals surface area contributed by atoms with Crippen molar-refractivity contribution in [3.63, 3.8) is 0 Å². The number of imidazole rings is 1. The van der Waals surface area contributed by atoms with Gasteiger partial charge in [-0.3, -0.25) is 0 Å². The fraction of sp³-hybridized carbons (Fsp3) is 0.727. The molecular formula is C11H21N3. The summed E-state index contributed by atoms with van der Waals surface area (Å²) in [5.74, 6) is 1.06. The van der Waals surface area contributed by atoms with E-state index in [4.69, 9.17) is 0 Å². The zero-order valence-corrected chi connectivity index (χ0v) is 9.38. The summed E-state index contributed by atoms with van der Waals surface area (Å²) in [6.45, 7) is 6.62. The average Bonchev–Trinajstić information content (AvgIpc) is 2.73. The molecule has 0 aliphatic heterocycles. The fourth-order valence-corrected chi connectivity index (χ4v) is 1.67. The van der Waals surface area contributed by atoms with Crippen molar-refractivity contribution in [2.45, 2.75) is 52.1 Å². The van der Waals surface area contributed by atoms with E-state index in [1.165, 1.54) is 12.8 Å². The summed E-state index contributed by atoms with van der Waals surface area (Å²) in [7, 11) is 0. The van der Waals surface area contributed by atoms with Gasteiger partial charge in [0.2, 0.25) is 0 Å². The lowest BCUT2D eigenvalue weighted by Crippen LogP contribution is -2.32. The minimum Gasteiger partial charge on any atom is -0.347 e. The van der Waals surface area contributed by atoms with Gasteiger partial charge in [0.05, 0.1) is 6.04 Å². The van der Waals surface area contributed by atoms with Crippen LogP contribution < -0.4 is 5.32 Å². The molecule has 0 aliphatic rings. The van der Waals surface area contributed by atoms with Gasteiger partial charge in [-0.1, -0.05) is 20.8 Å². The monoisotopic (exact) mass is 195 g/mol. The number of hydrogen-bond acceptors (Lipinski definition) is 2. The number of nitrogens with one attached hydrogen (secondary N) is 2. The molecule has 0 bridgehead atoms. The molecule has 3 nitrogen and oxygen atoms in total. The molecule has 1 aromatic rings. The van der Waals surface area contributed by atoms with E-state index in [-0.39, 0.29) is 0 Å². The third-order valence-electron chi connectivity index (χ3n) is 2.68. The van der Waals surface area contributed by atoms with Crippen LogP contribution >= 0.6 is 0 Å². The normalized spacial score (nSPS) is 13.4. The molecule has 1 unspecified atom stereocenters. The predicted molar refractivity (Wildman–Crippen MR) is 59.1 cm³/mol. The van der Waals surface area contributed by atoms with E-state index in [2.05, 4.69) is 36.1 Å². The van der Waals surface area contributed by atoms with E-state index in [9.17, 15) is 0 Å². The van der Waals surface area contributed by atoms with Crippen molar-refractivity contribution in [1.29, 1.82) is 0 Å². The zero-order chi connectivity index (χ0) is 10.4. The van der Waals surface area contributed by atoms with Crippen LogP contribution in [-0.2, 0) is 0 Å². The summed E-state index contributed by atoms with van der Waals surface area (Å²) in [5.41, 5.74) is 0. The van der Waals surface area contributed by atoms with Crippen LogP contribution in [0.2, 0.25) is 0 Å². The number of aromatic nitrogens is 2. The van der Waals surface area contributed by atoms with Gasteiger partial charge in [0.15, 0.2) is 0 Å². The van der Waals surface area contributed by atoms with Crippen molar-refractivity contribution in [2.75, 3.05) is 0 Å². The third kappa shape index (κ3) is 2.84. The van der Waals surface area contributed by atoms with Crippen molar-refractivity contribution in [3.05, 3.63) is 18.2 Å².